The molecule has 0 atom stereocenters. The molecule has 35 heavy (non-hydrogen) atoms. The molecule has 2 heterocycles. The first-order chi connectivity index (χ1) is 16.7. The van der Waals surface area contributed by atoms with Crippen molar-refractivity contribution in [3.8, 4) is 0 Å². The zero-order valence-corrected chi connectivity index (χ0v) is 21.4. The van der Waals surface area contributed by atoms with Gasteiger partial charge in [-0.3, -0.25) is 9.59 Å². The molecule has 0 radical (unpaired) electrons. The zero-order valence-electron chi connectivity index (χ0n) is 19.8. The van der Waals surface area contributed by atoms with Gasteiger partial charge in [-0.1, -0.05) is 17.4 Å². The molecule has 1 fully saturated rings. The van der Waals surface area contributed by atoms with E-state index in [4.69, 9.17) is 9.47 Å². The van der Waals surface area contributed by atoms with Gasteiger partial charge >= 0.3 is 5.97 Å². The summed E-state index contributed by atoms with van der Waals surface area (Å²) >= 11 is 1.32. The van der Waals surface area contributed by atoms with Crippen molar-refractivity contribution in [2.75, 3.05) is 32.9 Å². The number of morpholine rings is 1. The van der Waals surface area contributed by atoms with Gasteiger partial charge in [-0.25, -0.2) is 8.42 Å². The predicted molar refractivity (Wildman–Crippen MR) is 132 cm³/mol. The molecule has 186 valence electrons. The smallest absolute Gasteiger partial charge is 0.326 e. The van der Waals surface area contributed by atoms with Crippen molar-refractivity contribution >= 4 is 43.5 Å². The maximum atomic E-state index is 13.0. The summed E-state index contributed by atoms with van der Waals surface area (Å²) in [6.07, 6.45) is 0. The van der Waals surface area contributed by atoms with E-state index in [1.165, 1.54) is 39.9 Å². The molecule has 11 heteroatoms. The van der Waals surface area contributed by atoms with Crippen LogP contribution in [0.25, 0.3) is 10.2 Å². The Morgan fingerprint density at radius 1 is 1.11 bits per heavy atom. The normalized spacial score (nSPS) is 15.5. The molecule has 9 nitrogen and oxygen atoms in total. The van der Waals surface area contributed by atoms with Gasteiger partial charge in [-0.2, -0.15) is 9.30 Å². The number of benzene rings is 2. The van der Waals surface area contributed by atoms with Crippen LogP contribution in [-0.2, 0) is 30.8 Å². The van der Waals surface area contributed by atoms with E-state index >= 15 is 0 Å². The lowest BCUT2D eigenvalue weighted by molar-refractivity contribution is -0.143. The topological polar surface area (TPSA) is 107 Å². The first-order valence-electron chi connectivity index (χ1n) is 11.2. The van der Waals surface area contributed by atoms with E-state index in [0.717, 1.165) is 21.3 Å². The molecule has 0 bridgehead atoms. The van der Waals surface area contributed by atoms with E-state index in [-0.39, 0.29) is 23.6 Å². The third kappa shape index (κ3) is 5.37. The quantitative estimate of drug-likeness (QED) is 0.466. The standard InChI is InChI=1S/C24H27N3O6S2/c1-4-33-21(28)15-27-20-14-16(2)13-17(3)22(20)34-24(27)25-23(29)18-5-7-19(8-6-18)35(30,31)26-9-11-32-12-10-26/h5-8,13-14H,4,9-12,15H2,1-3H3. The van der Waals surface area contributed by atoms with Gasteiger partial charge in [0.05, 0.1) is 34.9 Å². The van der Waals surface area contributed by atoms with Crippen LogP contribution >= 0.6 is 11.3 Å². The highest BCUT2D eigenvalue weighted by molar-refractivity contribution is 7.89. The Bertz CT molecular complexity index is 1430. The molecule has 1 saturated heterocycles. The molecule has 1 amide bonds. The number of aromatic nitrogens is 1. The summed E-state index contributed by atoms with van der Waals surface area (Å²) in [6.45, 7) is 7.16. The Labute approximate surface area is 207 Å². The number of nitrogens with zero attached hydrogens (tertiary/aromatic N) is 3. The molecule has 0 N–H and O–H groups in total. The minimum atomic E-state index is -3.66. The number of thiazole rings is 1. The molecule has 0 aliphatic carbocycles. The Morgan fingerprint density at radius 2 is 1.80 bits per heavy atom. The number of esters is 1. The molecule has 0 saturated carbocycles. The summed E-state index contributed by atoms with van der Waals surface area (Å²) in [5.74, 6) is -0.947. The van der Waals surface area contributed by atoms with Gasteiger partial charge in [0.2, 0.25) is 10.0 Å². The fourth-order valence-corrected chi connectivity index (χ4v) is 6.43. The maximum absolute atomic E-state index is 13.0. The van der Waals surface area contributed by atoms with Crippen molar-refractivity contribution < 1.29 is 27.5 Å². The second-order valence-electron chi connectivity index (χ2n) is 8.16. The van der Waals surface area contributed by atoms with Crippen LogP contribution in [0.15, 0.2) is 46.3 Å². The Balaban J connectivity index is 1.69. The van der Waals surface area contributed by atoms with Gasteiger partial charge in [0.1, 0.15) is 6.54 Å². The van der Waals surface area contributed by atoms with Crippen LogP contribution in [0.5, 0.6) is 0 Å². The number of amides is 1. The lowest BCUT2D eigenvalue weighted by Crippen LogP contribution is -2.40. The summed E-state index contributed by atoms with van der Waals surface area (Å²) in [7, 11) is -3.66. The molecule has 0 unspecified atom stereocenters. The van der Waals surface area contributed by atoms with E-state index in [1.807, 2.05) is 26.0 Å². The monoisotopic (exact) mass is 517 g/mol. The number of rotatable bonds is 6. The molecule has 0 spiro atoms. The minimum absolute atomic E-state index is 0.0699. The van der Waals surface area contributed by atoms with E-state index in [2.05, 4.69) is 4.99 Å². The van der Waals surface area contributed by atoms with Crippen LogP contribution in [0.2, 0.25) is 0 Å². The average Bonchev–Trinajstić information content (AvgIpc) is 3.17. The summed E-state index contributed by atoms with van der Waals surface area (Å²) in [4.78, 5) is 30.0. The zero-order chi connectivity index (χ0) is 25.2. The second kappa shape index (κ2) is 10.4. The third-order valence-corrected chi connectivity index (χ3v) is 8.76. The van der Waals surface area contributed by atoms with Gasteiger partial charge in [-0.15, -0.1) is 0 Å². The SMILES string of the molecule is CCOC(=O)Cn1c(=NC(=O)c2ccc(S(=O)(=O)N3CCOCC3)cc2)sc2c(C)cc(C)cc21. The van der Waals surface area contributed by atoms with Gasteiger partial charge < -0.3 is 14.0 Å². The van der Waals surface area contributed by atoms with Crippen molar-refractivity contribution in [1.29, 1.82) is 0 Å². The number of carbonyl (C=O) groups is 2. The average molecular weight is 518 g/mol. The fraction of sp³-hybridized carbons (Fsp3) is 0.375. The largest absolute Gasteiger partial charge is 0.465 e. The van der Waals surface area contributed by atoms with Crippen molar-refractivity contribution in [3.05, 3.63) is 57.9 Å². The Kier molecular flexibility index (Phi) is 7.50. The molecule has 2 aromatic carbocycles. The highest BCUT2D eigenvalue weighted by Gasteiger charge is 2.26. The second-order valence-corrected chi connectivity index (χ2v) is 11.1. The number of fused-ring (bicyclic) bond motifs is 1. The van der Waals surface area contributed by atoms with Crippen LogP contribution < -0.4 is 4.80 Å². The van der Waals surface area contributed by atoms with Gasteiger partial charge in [0, 0.05) is 18.7 Å². The van der Waals surface area contributed by atoms with E-state index in [9.17, 15) is 18.0 Å². The van der Waals surface area contributed by atoms with Crippen molar-refractivity contribution in [3.63, 3.8) is 0 Å². The minimum Gasteiger partial charge on any atom is -0.465 e. The lowest BCUT2D eigenvalue weighted by atomic mass is 10.1. The number of carbonyl (C=O) groups excluding carboxylic acids is 2. The summed E-state index contributed by atoms with van der Waals surface area (Å²) in [6, 6.07) is 9.73. The fourth-order valence-electron chi connectivity index (χ4n) is 3.94. The van der Waals surface area contributed by atoms with Crippen LogP contribution in [-0.4, -0.2) is 62.1 Å². The number of hydrogen-bond acceptors (Lipinski definition) is 7. The van der Waals surface area contributed by atoms with Crippen molar-refractivity contribution in [1.82, 2.24) is 8.87 Å². The van der Waals surface area contributed by atoms with Gasteiger partial charge in [0.25, 0.3) is 5.91 Å². The van der Waals surface area contributed by atoms with Crippen LogP contribution in [0, 0.1) is 13.8 Å². The molecule has 1 aliphatic rings. The van der Waals surface area contributed by atoms with E-state index < -0.39 is 21.9 Å². The lowest BCUT2D eigenvalue weighted by Gasteiger charge is -2.26. The number of aryl methyl sites for hydroxylation is 2. The Hall–Kier alpha value is -2.86. The van der Waals surface area contributed by atoms with Gasteiger partial charge in [0.15, 0.2) is 4.80 Å². The first-order valence-corrected chi connectivity index (χ1v) is 13.5. The molecular formula is C24H27N3O6S2. The van der Waals surface area contributed by atoms with Gasteiger partial charge in [-0.05, 0) is 62.2 Å². The van der Waals surface area contributed by atoms with E-state index in [0.29, 0.717) is 31.1 Å². The number of ether oxygens (including phenoxy) is 2. The van der Waals surface area contributed by atoms with E-state index in [1.54, 1.807) is 11.5 Å². The molecular weight excluding hydrogens is 490 g/mol. The maximum Gasteiger partial charge on any atom is 0.326 e. The summed E-state index contributed by atoms with van der Waals surface area (Å²) < 4.78 is 40.0. The van der Waals surface area contributed by atoms with Crippen LogP contribution in [0.1, 0.15) is 28.4 Å². The molecule has 1 aromatic heterocycles. The van der Waals surface area contributed by atoms with Crippen LogP contribution in [0.3, 0.4) is 0 Å². The van der Waals surface area contributed by atoms with Crippen molar-refractivity contribution in [2.24, 2.45) is 4.99 Å². The summed E-state index contributed by atoms with van der Waals surface area (Å²) in [5, 5.41) is 0. The molecule has 4 rings (SSSR count). The predicted octanol–water partition coefficient (Wildman–Crippen LogP) is 2.64. The Morgan fingerprint density at radius 3 is 2.46 bits per heavy atom. The highest BCUT2D eigenvalue weighted by atomic mass is 32.2. The molecule has 1 aliphatic heterocycles. The third-order valence-electron chi connectivity index (χ3n) is 5.61. The highest BCUT2D eigenvalue weighted by Crippen LogP contribution is 2.24. The van der Waals surface area contributed by atoms with Crippen molar-refractivity contribution in [2.45, 2.75) is 32.2 Å². The number of hydrogen-bond donors (Lipinski definition) is 0. The first kappa shape index (κ1) is 25.2. The van der Waals surface area contributed by atoms with Crippen LogP contribution in [0.4, 0.5) is 0 Å². The molecule has 3 aromatic rings. The summed E-state index contributed by atoms with van der Waals surface area (Å²) in [5.41, 5.74) is 3.10. The number of sulfonamides is 1.